The maximum atomic E-state index is 5.50. The molecule has 0 bridgehead atoms. The van der Waals surface area contributed by atoms with E-state index >= 15 is 0 Å². The van der Waals surface area contributed by atoms with Crippen molar-refractivity contribution >= 4 is 28.1 Å². The Morgan fingerprint density at radius 3 is 2.57 bits per heavy atom. The Bertz CT molecular complexity index is 1180. The van der Waals surface area contributed by atoms with Gasteiger partial charge in [0, 0.05) is 24.2 Å². The molecule has 0 aliphatic carbocycles. The number of hydrogen-bond donors (Lipinski definition) is 0. The first-order chi connectivity index (χ1) is 13.5. The quantitative estimate of drug-likeness (QED) is 0.519. The molecule has 0 unspecified atom stereocenters. The maximum absolute atomic E-state index is 5.50. The van der Waals surface area contributed by atoms with Crippen molar-refractivity contribution in [3.63, 3.8) is 0 Å². The third-order valence-electron chi connectivity index (χ3n) is 4.60. The molecular weight excluding hydrogens is 370 g/mol. The number of nitrogens with zero attached hydrogens (tertiary/aromatic N) is 5. The van der Waals surface area contributed by atoms with Gasteiger partial charge in [0.2, 0.25) is 0 Å². The van der Waals surface area contributed by atoms with Crippen molar-refractivity contribution in [1.29, 1.82) is 0 Å². The average Bonchev–Trinajstić information content (AvgIpc) is 3.38. The van der Waals surface area contributed by atoms with Gasteiger partial charge in [-0.1, -0.05) is 26.0 Å². The summed E-state index contributed by atoms with van der Waals surface area (Å²) in [4.78, 5) is 3.28. The summed E-state index contributed by atoms with van der Waals surface area (Å²) in [7, 11) is 5.76. The van der Waals surface area contributed by atoms with Gasteiger partial charge in [-0.25, -0.2) is 0 Å². The zero-order chi connectivity index (χ0) is 19.8. The SMILES string of the molecule is COc1ccccc1-c1nnc2/c(=C\c3ccc(N(C)C)s3)c(C(C)C)nn12. The van der Waals surface area contributed by atoms with Crippen molar-refractivity contribution in [2.24, 2.45) is 0 Å². The second-order valence-corrected chi connectivity index (χ2v) is 8.22. The lowest BCUT2D eigenvalue weighted by molar-refractivity contribution is 0.416. The molecule has 0 N–H and O–H groups in total. The van der Waals surface area contributed by atoms with E-state index in [1.165, 1.54) is 9.88 Å². The number of fused-ring (bicyclic) bond motifs is 1. The highest BCUT2D eigenvalue weighted by molar-refractivity contribution is 7.16. The fourth-order valence-corrected chi connectivity index (χ4v) is 4.06. The number of ether oxygens (including phenoxy) is 1. The van der Waals surface area contributed by atoms with Gasteiger partial charge in [-0.3, -0.25) is 0 Å². The van der Waals surface area contributed by atoms with Crippen LogP contribution in [0.2, 0.25) is 0 Å². The van der Waals surface area contributed by atoms with Gasteiger partial charge in [0.25, 0.3) is 0 Å². The summed E-state index contributed by atoms with van der Waals surface area (Å²) in [6.07, 6.45) is 2.16. The predicted molar refractivity (Wildman–Crippen MR) is 114 cm³/mol. The van der Waals surface area contributed by atoms with E-state index in [4.69, 9.17) is 9.84 Å². The van der Waals surface area contributed by atoms with Crippen molar-refractivity contribution in [2.75, 3.05) is 26.1 Å². The molecule has 0 radical (unpaired) electrons. The summed E-state index contributed by atoms with van der Waals surface area (Å²) in [5.74, 6) is 1.71. The number of methoxy groups -OCH3 is 1. The Morgan fingerprint density at radius 2 is 1.89 bits per heavy atom. The van der Waals surface area contributed by atoms with Gasteiger partial charge in [-0.15, -0.1) is 21.5 Å². The molecule has 1 aromatic carbocycles. The minimum absolute atomic E-state index is 0.270. The van der Waals surface area contributed by atoms with E-state index < -0.39 is 0 Å². The molecule has 28 heavy (non-hydrogen) atoms. The molecule has 144 valence electrons. The van der Waals surface area contributed by atoms with Crippen LogP contribution in [0.4, 0.5) is 5.00 Å². The van der Waals surface area contributed by atoms with Crippen LogP contribution in [0, 0.1) is 0 Å². The molecule has 0 saturated heterocycles. The first kappa shape index (κ1) is 18.4. The van der Waals surface area contributed by atoms with Crippen LogP contribution < -0.4 is 14.9 Å². The number of para-hydroxylation sites is 1. The monoisotopic (exact) mass is 393 g/mol. The molecule has 0 aliphatic heterocycles. The minimum atomic E-state index is 0.270. The second-order valence-electron chi connectivity index (χ2n) is 7.13. The van der Waals surface area contributed by atoms with Crippen LogP contribution in [0.5, 0.6) is 5.75 Å². The van der Waals surface area contributed by atoms with Crippen LogP contribution in [0.25, 0.3) is 23.1 Å². The summed E-state index contributed by atoms with van der Waals surface area (Å²) in [5, 5.41) is 16.0. The van der Waals surface area contributed by atoms with Crippen LogP contribution in [-0.4, -0.2) is 41.0 Å². The van der Waals surface area contributed by atoms with Crippen LogP contribution >= 0.6 is 11.3 Å². The predicted octanol–water partition coefficient (Wildman–Crippen LogP) is 3.60. The van der Waals surface area contributed by atoms with Crippen molar-refractivity contribution in [3.05, 3.63) is 52.2 Å². The molecule has 4 aromatic rings. The van der Waals surface area contributed by atoms with Gasteiger partial charge in [-0.2, -0.15) is 9.61 Å². The highest BCUT2D eigenvalue weighted by atomic mass is 32.1. The highest BCUT2D eigenvalue weighted by Gasteiger charge is 2.19. The maximum Gasteiger partial charge on any atom is 0.189 e. The fourth-order valence-electron chi connectivity index (χ4n) is 3.18. The van der Waals surface area contributed by atoms with Gasteiger partial charge in [-0.05, 0) is 36.3 Å². The molecule has 3 heterocycles. The van der Waals surface area contributed by atoms with Crippen molar-refractivity contribution in [2.45, 2.75) is 19.8 Å². The van der Waals surface area contributed by atoms with E-state index in [9.17, 15) is 0 Å². The topological polar surface area (TPSA) is 55.6 Å². The van der Waals surface area contributed by atoms with Crippen molar-refractivity contribution < 1.29 is 4.74 Å². The van der Waals surface area contributed by atoms with E-state index in [1.807, 2.05) is 28.8 Å². The molecule has 0 atom stereocenters. The molecular formula is C21H23N5OS. The number of hydrogen-bond acceptors (Lipinski definition) is 6. The van der Waals surface area contributed by atoms with Crippen LogP contribution in [0.15, 0.2) is 36.4 Å². The lowest BCUT2D eigenvalue weighted by Crippen LogP contribution is -2.09. The smallest absolute Gasteiger partial charge is 0.189 e. The van der Waals surface area contributed by atoms with E-state index in [2.05, 4.69) is 61.2 Å². The normalized spacial score (nSPS) is 12.3. The van der Waals surface area contributed by atoms with Crippen molar-refractivity contribution in [3.8, 4) is 17.1 Å². The number of aromatic nitrogens is 4. The number of thiophene rings is 1. The Morgan fingerprint density at radius 1 is 1.11 bits per heavy atom. The van der Waals surface area contributed by atoms with E-state index in [1.54, 1.807) is 18.4 Å². The summed E-state index contributed by atoms with van der Waals surface area (Å²) in [5.41, 5.74) is 2.66. The Labute approximate surface area is 168 Å². The van der Waals surface area contributed by atoms with E-state index in [-0.39, 0.29) is 5.92 Å². The number of rotatable bonds is 5. The lowest BCUT2D eigenvalue weighted by Gasteiger charge is -2.06. The summed E-state index contributed by atoms with van der Waals surface area (Å²) >= 11 is 1.74. The molecule has 4 rings (SSSR count). The molecule has 7 heteroatoms. The van der Waals surface area contributed by atoms with Gasteiger partial charge >= 0.3 is 0 Å². The Hall–Kier alpha value is -2.93. The zero-order valence-electron chi connectivity index (χ0n) is 16.7. The second kappa shape index (κ2) is 7.24. The van der Waals surface area contributed by atoms with Crippen LogP contribution in [0.3, 0.4) is 0 Å². The van der Waals surface area contributed by atoms with Crippen LogP contribution in [-0.2, 0) is 0 Å². The van der Waals surface area contributed by atoms with Gasteiger partial charge in [0.15, 0.2) is 11.5 Å². The van der Waals surface area contributed by atoms with Crippen molar-refractivity contribution in [1.82, 2.24) is 19.8 Å². The van der Waals surface area contributed by atoms with Gasteiger partial charge in [0.05, 0.1) is 23.4 Å². The third-order valence-corrected chi connectivity index (χ3v) is 5.80. The fraction of sp³-hybridized carbons (Fsp3) is 0.286. The molecule has 0 fully saturated rings. The lowest BCUT2D eigenvalue weighted by atomic mass is 10.1. The molecule has 0 amide bonds. The Balaban J connectivity index is 1.93. The molecule has 3 aromatic heterocycles. The van der Waals surface area contributed by atoms with E-state index in [0.29, 0.717) is 5.82 Å². The highest BCUT2D eigenvalue weighted by Crippen LogP contribution is 2.29. The molecule has 0 aliphatic rings. The minimum Gasteiger partial charge on any atom is -0.496 e. The van der Waals surface area contributed by atoms with E-state index in [0.717, 1.165) is 27.9 Å². The summed E-state index contributed by atoms with van der Waals surface area (Å²) in [6, 6.07) is 12.1. The zero-order valence-corrected chi connectivity index (χ0v) is 17.5. The van der Waals surface area contributed by atoms with Gasteiger partial charge in [0.1, 0.15) is 5.75 Å². The Kier molecular flexibility index (Phi) is 4.77. The average molecular weight is 394 g/mol. The molecule has 6 nitrogen and oxygen atoms in total. The van der Waals surface area contributed by atoms with Crippen LogP contribution in [0.1, 0.15) is 30.3 Å². The number of anilines is 1. The first-order valence-electron chi connectivity index (χ1n) is 9.17. The summed E-state index contributed by atoms with van der Waals surface area (Å²) in [6.45, 7) is 4.30. The third kappa shape index (κ3) is 3.11. The molecule has 0 saturated carbocycles. The number of benzene rings is 1. The molecule has 0 spiro atoms. The first-order valence-corrected chi connectivity index (χ1v) is 9.98. The van der Waals surface area contributed by atoms with Gasteiger partial charge < -0.3 is 9.64 Å². The standard InChI is InChI=1S/C21H23N5OS/c1-13(2)19-16(12-14-10-11-18(28-14)25(3)4)21-23-22-20(26(21)24-19)15-8-6-7-9-17(15)27-5/h6-13H,1-5H3/b16-12-. The summed E-state index contributed by atoms with van der Waals surface area (Å²) < 4.78 is 7.34. The largest absolute Gasteiger partial charge is 0.496 e.